The molecule has 0 atom stereocenters. The molecule has 0 bridgehead atoms. The molecule has 0 spiro atoms. The Morgan fingerprint density at radius 3 is 2.77 bits per heavy atom. The van der Waals surface area contributed by atoms with E-state index in [1.807, 2.05) is 31.2 Å². The van der Waals surface area contributed by atoms with Crippen molar-refractivity contribution in [3.05, 3.63) is 63.7 Å². The molecule has 0 saturated carbocycles. The van der Waals surface area contributed by atoms with Crippen molar-refractivity contribution in [3.63, 3.8) is 0 Å². The number of amidine groups is 1. The van der Waals surface area contributed by atoms with E-state index in [0.717, 1.165) is 11.1 Å². The SMILES string of the molecule is CCOc1ccc([N+](=O)[O-])cc1N1Cc2ccccc2C1=N. The van der Waals surface area contributed by atoms with Gasteiger partial charge in [0.2, 0.25) is 0 Å². The molecule has 1 aliphatic heterocycles. The molecule has 0 amide bonds. The van der Waals surface area contributed by atoms with Crippen LogP contribution < -0.4 is 9.64 Å². The summed E-state index contributed by atoms with van der Waals surface area (Å²) in [6.45, 7) is 2.82. The first-order valence-electron chi connectivity index (χ1n) is 6.97. The minimum Gasteiger partial charge on any atom is -0.492 e. The topological polar surface area (TPSA) is 79.5 Å². The molecule has 22 heavy (non-hydrogen) atoms. The van der Waals surface area contributed by atoms with Gasteiger partial charge < -0.3 is 9.64 Å². The molecule has 0 saturated heterocycles. The van der Waals surface area contributed by atoms with Gasteiger partial charge in [0.15, 0.2) is 0 Å². The second kappa shape index (κ2) is 5.48. The number of ether oxygens (including phenoxy) is 1. The molecule has 2 aromatic rings. The third kappa shape index (κ3) is 2.28. The minimum absolute atomic E-state index is 0.0118. The Kier molecular flexibility index (Phi) is 3.50. The summed E-state index contributed by atoms with van der Waals surface area (Å²) in [5, 5.41) is 19.4. The number of nitro benzene ring substituents is 1. The molecular weight excluding hydrogens is 282 g/mol. The van der Waals surface area contributed by atoms with E-state index in [1.54, 1.807) is 11.0 Å². The van der Waals surface area contributed by atoms with Crippen LogP contribution in [0.2, 0.25) is 0 Å². The van der Waals surface area contributed by atoms with Crippen LogP contribution in [0.25, 0.3) is 0 Å². The maximum atomic E-state index is 11.0. The lowest BCUT2D eigenvalue weighted by Crippen LogP contribution is -2.23. The molecule has 1 heterocycles. The van der Waals surface area contributed by atoms with Crippen LogP contribution in [0.3, 0.4) is 0 Å². The normalized spacial score (nSPS) is 13.1. The number of fused-ring (bicyclic) bond motifs is 1. The summed E-state index contributed by atoms with van der Waals surface area (Å²) >= 11 is 0. The molecule has 112 valence electrons. The van der Waals surface area contributed by atoms with Crippen LogP contribution in [0.4, 0.5) is 11.4 Å². The number of benzene rings is 2. The molecule has 0 aromatic heterocycles. The molecule has 0 unspecified atom stereocenters. The van der Waals surface area contributed by atoms with Crippen molar-refractivity contribution in [2.45, 2.75) is 13.5 Å². The first-order chi connectivity index (χ1) is 10.6. The number of non-ortho nitro benzene ring substituents is 1. The number of nitrogens with one attached hydrogen (secondary N) is 1. The average molecular weight is 297 g/mol. The summed E-state index contributed by atoms with van der Waals surface area (Å²) in [5.41, 5.74) is 2.41. The number of anilines is 1. The zero-order chi connectivity index (χ0) is 15.7. The Morgan fingerprint density at radius 1 is 1.32 bits per heavy atom. The number of nitrogens with zero attached hydrogens (tertiary/aromatic N) is 2. The van der Waals surface area contributed by atoms with Crippen LogP contribution in [-0.4, -0.2) is 17.4 Å². The van der Waals surface area contributed by atoms with Gasteiger partial charge in [-0.1, -0.05) is 24.3 Å². The second-order valence-electron chi connectivity index (χ2n) is 4.93. The van der Waals surface area contributed by atoms with Gasteiger partial charge in [0.25, 0.3) is 5.69 Å². The van der Waals surface area contributed by atoms with Gasteiger partial charge in [-0.05, 0) is 18.6 Å². The smallest absolute Gasteiger partial charge is 0.271 e. The fraction of sp³-hybridized carbons (Fsp3) is 0.188. The fourth-order valence-electron chi connectivity index (χ4n) is 2.60. The lowest BCUT2D eigenvalue weighted by molar-refractivity contribution is -0.384. The highest BCUT2D eigenvalue weighted by molar-refractivity contribution is 6.12. The van der Waals surface area contributed by atoms with Crippen LogP contribution >= 0.6 is 0 Å². The van der Waals surface area contributed by atoms with Crippen molar-refractivity contribution in [1.29, 1.82) is 5.41 Å². The maximum absolute atomic E-state index is 11.0. The Morgan fingerprint density at radius 2 is 2.09 bits per heavy atom. The predicted octanol–water partition coefficient (Wildman–Crippen LogP) is 3.34. The lowest BCUT2D eigenvalue weighted by atomic mass is 10.1. The van der Waals surface area contributed by atoms with Gasteiger partial charge in [0.05, 0.1) is 23.8 Å². The summed E-state index contributed by atoms with van der Waals surface area (Å²) in [4.78, 5) is 12.3. The zero-order valence-electron chi connectivity index (χ0n) is 12.1. The Balaban J connectivity index is 2.06. The predicted molar refractivity (Wildman–Crippen MR) is 83.7 cm³/mol. The summed E-state index contributed by atoms with van der Waals surface area (Å²) in [6, 6.07) is 12.1. The van der Waals surface area contributed by atoms with Gasteiger partial charge >= 0.3 is 0 Å². The molecule has 1 aliphatic rings. The molecule has 0 fully saturated rings. The highest BCUT2D eigenvalue weighted by Gasteiger charge is 2.28. The maximum Gasteiger partial charge on any atom is 0.271 e. The highest BCUT2D eigenvalue weighted by atomic mass is 16.6. The van der Waals surface area contributed by atoms with Crippen molar-refractivity contribution < 1.29 is 9.66 Å². The van der Waals surface area contributed by atoms with E-state index >= 15 is 0 Å². The lowest BCUT2D eigenvalue weighted by Gasteiger charge is -2.21. The monoisotopic (exact) mass is 297 g/mol. The summed E-state index contributed by atoms with van der Waals surface area (Å²) in [5.74, 6) is 0.878. The Labute approximate surface area is 127 Å². The Bertz CT molecular complexity index is 758. The fourth-order valence-corrected chi connectivity index (χ4v) is 2.60. The van der Waals surface area contributed by atoms with E-state index in [-0.39, 0.29) is 5.69 Å². The molecule has 0 aliphatic carbocycles. The van der Waals surface area contributed by atoms with E-state index in [0.29, 0.717) is 30.4 Å². The van der Waals surface area contributed by atoms with E-state index in [9.17, 15) is 10.1 Å². The largest absolute Gasteiger partial charge is 0.492 e. The van der Waals surface area contributed by atoms with Gasteiger partial charge in [-0.25, -0.2) is 0 Å². The van der Waals surface area contributed by atoms with Crippen molar-refractivity contribution in [1.82, 2.24) is 0 Å². The van der Waals surface area contributed by atoms with Crippen LogP contribution in [0, 0.1) is 15.5 Å². The van der Waals surface area contributed by atoms with Gasteiger partial charge in [0, 0.05) is 17.7 Å². The van der Waals surface area contributed by atoms with Crippen molar-refractivity contribution in [3.8, 4) is 5.75 Å². The van der Waals surface area contributed by atoms with Crippen molar-refractivity contribution in [2.24, 2.45) is 0 Å². The Hall–Kier alpha value is -2.89. The molecule has 0 radical (unpaired) electrons. The van der Waals surface area contributed by atoms with E-state index < -0.39 is 4.92 Å². The quantitative estimate of drug-likeness (QED) is 0.693. The molecule has 6 heteroatoms. The van der Waals surface area contributed by atoms with Gasteiger partial charge in [-0.15, -0.1) is 0 Å². The number of rotatable bonds is 4. The number of hydrogen-bond acceptors (Lipinski definition) is 4. The van der Waals surface area contributed by atoms with E-state index in [4.69, 9.17) is 10.1 Å². The highest BCUT2D eigenvalue weighted by Crippen LogP contribution is 2.37. The van der Waals surface area contributed by atoms with Crippen LogP contribution in [0.1, 0.15) is 18.1 Å². The number of hydrogen-bond donors (Lipinski definition) is 1. The van der Waals surface area contributed by atoms with E-state index in [1.165, 1.54) is 12.1 Å². The molecular formula is C16H15N3O3. The van der Waals surface area contributed by atoms with E-state index in [2.05, 4.69) is 0 Å². The zero-order valence-corrected chi connectivity index (χ0v) is 12.1. The molecule has 1 N–H and O–H groups in total. The molecule has 2 aromatic carbocycles. The third-order valence-electron chi connectivity index (χ3n) is 3.61. The van der Waals surface area contributed by atoms with Crippen LogP contribution in [-0.2, 0) is 6.54 Å². The molecule has 6 nitrogen and oxygen atoms in total. The molecule has 3 rings (SSSR count). The van der Waals surface area contributed by atoms with Crippen molar-refractivity contribution >= 4 is 17.2 Å². The van der Waals surface area contributed by atoms with Gasteiger partial charge in [-0.2, -0.15) is 0 Å². The number of nitro groups is 1. The van der Waals surface area contributed by atoms with Crippen LogP contribution in [0.5, 0.6) is 5.75 Å². The van der Waals surface area contributed by atoms with Crippen LogP contribution in [0.15, 0.2) is 42.5 Å². The summed E-state index contributed by atoms with van der Waals surface area (Å²) in [7, 11) is 0. The standard InChI is InChI=1S/C16H15N3O3/c1-2-22-15-8-7-12(19(20)21)9-14(15)18-10-11-5-3-4-6-13(11)16(18)17/h3-9,17H,2,10H2,1H3. The van der Waals surface area contributed by atoms with Gasteiger partial charge in [0.1, 0.15) is 11.6 Å². The summed E-state index contributed by atoms with van der Waals surface area (Å²) in [6.07, 6.45) is 0. The first kappa shape index (κ1) is 14.1. The minimum atomic E-state index is -0.438. The first-order valence-corrected chi connectivity index (χ1v) is 6.97. The third-order valence-corrected chi connectivity index (χ3v) is 3.61. The van der Waals surface area contributed by atoms with Gasteiger partial charge in [-0.3, -0.25) is 15.5 Å². The van der Waals surface area contributed by atoms with Crippen molar-refractivity contribution in [2.75, 3.05) is 11.5 Å². The second-order valence-corrected chi connectivity index (χ2v) is 4.93. The average Bonchev–Trinajstić information content (AvgIpc) is 2.85. The summed E-state index contributed by atoms with van der Waals surface area (Å²) < 4.78 is 5.57.